The maximum Gasteiger partial charge on any atom is 0.0951 e. The Hall–Kier alpha value is -1.09. The SMILES string of the molecule is C=C(C)Cn1cncc1CCN. The van der Waals surface area contributed by atoms with E-state index in [0.717, 1.165) is 18.5 Å². The summed E-state index contributed by atoms with van der Waals surface area (Å²) in [6, 6.07) is 0. The van der Waals surface area contributed by atoms with E-state index in [4.69, 9.17) is 5.73 Å². The molecule has 0 aliphatic carbocycles. The molecule has 0 fully saturated rings. The molecule has 1 aromatic rings. The first-order chi connectivity index (χ1) is 5.74. The number of hydrogen-bond donors (Lipinski definition) is 1. The van der Waals surface area contributed by atoms with E-state index in [-0.39, 0.29) is 0 Å². The Labute approximate surface area is 72.9 Å². The predicted molar refractivity (Wildman–Crippen MR) is 49.8 cm³/mol. The summed E-state index contributed by atoms with van der Waals surface area (Å²) in [4.78, 5) is 4.06. The van der Waals surface area contributed by atoms with Gasteiger partial charge in [-0.2, -0.15) is 0 Å². The van der Waals surface area contributed by atoms with Crippen molar-refractivity contribution in [1.82, 2.24) is 9.55 Å². The zero-order valence-corrected chi connectivity index (χ0v) is 7.45. The molecule has 2 N–H and O–H groups in total. The third-order valence-electron chi connectivity index (χ3n) is 1.64. The van der Waals surface area contributed by atoms with Crippen molar-refractivity contribution >= 4 is 0 Å². The van der Waals surface area contributed by atoms with Crippen LogP contribution in [0.2, 0.25) is 0 Å². The lowest BCUT2D eigenvalue weighted by atomic mass is 10.3. The summed E-state index contributed by atoms with van der Waals surface area (Å²) in [6.45, 7) is 7.37. The largest absolute Gasteiger partial charge is 0.330 e. The van der Waals surface area contributed by atoms with Gasteiger partial charge in [-0.25, -0.2) is 4.98 Å². The number of nitrogens with zero attached hydrogens (tertiary/aromatic N) is 2. The summed E-state index contributed by atoms with van der Waals surface area (Å²) in [5, 5.41) is 0. The van der Waals surface area contributed by atoms with Crippen LogP contribution in [0.1, 0.15) is 12.6 Å². The highest BCUT2D eigenvalue weighted by atomic mass is 15.0. The van der Waals surface area contributed by atoms with E-state index in [0.29, 0.717) is 6.54 Å². The molecule has 0 atom stereocenters. The third-order valence-corrected chi connectivity index (χ3v) is 1.64. The Bertz CT molecular complexity index is 262. The van der Waals surface area contributed by atoms with E-state index in [1.807, 2.05) is 19.4 Å². The molecule has 0 bridgehead atoms. The Balaban J connectivity index is 2.69. The number of imidazole rings is 1. The Morgan fingerprint density at radius 3 is 3.08 bits per heavy atom. The maximum atomic E-state index is 5.46. The van der Waals surface area contributed by atoms with E-state index in [2.05, 4.69) is 16.1 Å². The van der Waals surface area contributed by atoms with Gasteiger partial charge in [0.05, 0.1) is 6.33 Å². The molecule has 0 aliphatic rings. The normalized spacial score (nSPS) is 10.2. The maximum absolute atomic E-state index is 5.46. The lowest BCUT2D eigenvalue weighted by Gasteiger charge is -2.05. The summed E-state index contributed by atoms with van der Waals surface area (Å²) in [7, 11) is 0. The van der Waals surface area contributed by atoms with Crippen molar-refractivity contribution in [3.05, 3.63) is 30.4 Å². The molecule has 0 saturated heterocycles. The van der Waals surface area contributed by atoms with Crippen LogP contribution in [-0.2, 0) is 13.0 Å². The molecule has 1 heterocycles. The molecule has 3 nitrogen and oxygen atoms in total. The second kappa shape index (κ2) is 4.07. The second-order valence-electron chi connectivity index (χ2n) is 3.01. The Kier molecular flexibility index (Phi) is 3.05. The molecule has 0 amide bonds. The average molecular weight is 165 g/mol. The Morgan fingerprint density at radius 2 is 2.50 bits per heavy atom. The lowest BCUT2D eigenvalue weighted by molar-refractivity contribution is 0.725. The van der Waals surface area contributed by atoms with Crippen molar-refractivity contribution in [3.8, 4) is 0 Å². The van der Waals surface area contributed by atoms with E-state index in [9.17, 15) is 0 Å². The number of nitrogens with two attached hydrogens (primary N) is 1. The van der Waals surface area contributed by atoms with E-state index >= 15 is 0 Å². The molecular weight excluding hydrogens is 150 g/mol. The fourth-order valence-electron chi connectivity index (χ4n) is 1.14. The van der Waals surface area contributed by atoms with Crippen LogP contribution in [0.3, 0.4) is 0 Å². The molecule has 0 spiro atoms. The van der Waals surface area contributed by atoms with Gasteiger partial charge >= 0.3 is 0 Å². The topological polar surface area (TPSA) is 43.8 Å². The smallest absolute Gasteiger partial charge is 0.0951 e. The van der Waals surface area contributed by atoms with E-state index < -0.39 is 0 Å². The zero-order valence-electron chi connectivity index (χ0n) is 7.45. The van der Waals surface area contributed by atoms with Crippen molar-refractivity contribution in [3.63, 3.8) is 0 Å². The molecule has 0 radical (unpaired) electrons. The predicted octanol–water partition coefficient (Wildman–Crippen LogP) is 0.960. The van der Waals surface area contributed by atoms with Gasteiger partial charge in [0.15, 0.2) is 0 Å². The second-order valence-corrected chi connectivity index (χ2v) is 3.01. The monoisotopic (exact) mass is 165 g/mol. The molecule has 0 unspecified atom stereocenters. The van der Waals surface area contributed by atoms with E-state index in [1.165, 1.54) is 5.69 Å². The highest BCUT2D eigenvalue weighted by Crippen LogP contribution is 2.02. The van der Waals surface area contributed by atoms with Gasteiger partial charge in [-0.1, -0.05) is 12.2 Å². The fraction of sp³-hybridized carbons (Fsp3) is 0.444. The van der Waals surface area contributed by atoms with Gasteiger partial charge in [-0.3, -0.25) is 0 Å². The van der Waals surface area contributed by atoms with Gasteiger partial charge in [0, 0.05) is 24.9 Å². The van der Waals surface area contributed by atoms with Crippen LogP contribution >= 0.6 is 0 Å². The average Bonchev–Trinajstić information content (AvgIpc) is 2.37. The summed E-state index contributed by atoms with van der Waals surface area (Å²) in [6.07, 6.45) is 4.56. The molecule has 12 heavy (non-hydrogen) atoms. The van der Waals surface area contributed by atoms with Gasteiger partial charge < -0.3 is 10.3 Å². The Morgan fingerprint density at radius 1 is 1.75 bits per heavy atom. The minimum atomic E-state index is 0.669. The van der Waals surface area contributed by atoms with Crippen LogP contribution in [0.4, 0.5) is 0 Å². The van der Waals surface area contributed by atoms with Crippen molar-refractivity contribution in [2.75, 3.05) is 6.54 Å². The highest BCUT2D eigenvalue weighted by Gasteiger charge is 1.99. The van der Waals surface area contributed by atoms with Gasteiger partial charge in [0.2, 0.25) is 0 Å². The van der Waals surface area contributed by atoms with Crippen molar-refractivity contribution in [2.24, 2.45) is 5.73 Å². The first kappa shape index (κ1) is 9.00. The van der Waals surface area contributed by atoms with Crippen LogP contribution in [0, 0.1) is 0 Å². The van der Waals surface area contributed by atoms with Gasteiger partial charge in [0.1, 0.15) is 0 Å². The van der Waals surface area contributed by atoms with E-state index in [1.54, 1.807) is 0 Å². The fourth-order valence-corrected chi connectivity index (χ4v) is 1.14. The summed E-state index contributed by atoms with van der Waals surface area (Å²) >= 11 is 0. The summed E-state index contributed by atoms with van der Waals surface area (Å²) in [5.74, 6) is 0. The molecule has 1 aromatic heterocycles. The van der Waals surface area contributed by atoms with Gasteiger partial charge in [0.25, 0.3) is 0 Å². The number of rotatable bonds is 4. The first-order valence-corrected chi connectivity index (χ1v) is 4.07. The molecule has 0 aromatic carbocycles. The molecular formula is C9H15N3. The standard InChI is InChI=1S/C9H15N3/c1-8(2)6-12-7-11-5-9(12)3-4-10/h5,7H,1,3-4,6,10H2,2H3. The zero-order chi connectivity index (χ0) is 8.97. The van der Waals surface area contributed by atoms with Crippen LogP contribution in [0.5, 0.6) is 0 Å². The van der Waals surface area contributed by atoms with Crippen molar-refractivity contribution < 1.29 is 0 Å². The summed E-state index contributed by atoms with van der Waals surface area (Å²) < 4.78 is 2.08. The highest BCUT2D eigenvalue weighted by molar-refractivity contribution is 5.02. The van der Waals surface area contributed by atoms with Crippen LogP contribution in [0.15, 0.2) is 24.7 Å². The van der Waals surface area contributed by atoms with Crippen LogP contribution in [0.25, 0.3) is 0 Å². The van der Waals surface area contributed by atoms with Gasteiger partial charge in [-0.05, 0) is 13.5 Å². The van der Waals surface area contributed by atoms with Gasteiger partial charge in [-0.15, -0.1) is 0 Å². The van der Waals surface area contributed by atoms with Crippen LogP contribution < -0.4 is 5.73 Å². The molecule has 66 valence electrons. The number of hydrogen-bond acceptors (Lipinski definition) is 2. The minimum absolute atomic E-state index is 0.669. The van der Waals surface area contributed by atoms with Crippen molar-refractivity contribution in [1.29, 1.82) is 0 Å². The summed E-state index contributed by atoms with van der Waals surface area (Å²) in [5.41, 5.74) is 7.77. The molecule has 0 aliphatic heterocycles. The quantitative estimate of drug-likeness (QED) is 0.675. The minimum Gasteiger partial charge on any atom is -0.330 e. The number of allylic oxidation sites excluding steroid dienone is 1. The number of aromatic nitrogens is 2. The first-order valence-electron chi connectivity index (χ1n) is 4.07. The molecule has 0 saturated carbocycles. The lowest BCUT2D eigenvalue weighted by Crippen LogP contribution is -2.08. The molecule has 3 heteroatoms. The van der Waals surface area contributed by atoms with Crippen LogP contribution in [-0.4, -0.2) is 16.1 Å². The third kappa shape index (κ3) is 2.20. The molecule has 1 rings (SSSR count). The van der Waals surface area contributed by atoms with Crippen molar-refractivity contribution in [2.45, 2.75) is 19.9 Å².